The molecule has 0 aliphatic carbocycles. The molecule has 0 saturated heterocycles. The molecule has 100 valence electrons. The molecule has 1 aromatic rings. The van der Waals surface area contributed by atoms with Crippen LogP contribution in [0.2, 0.25) is 5.02 Å². The van der Waals surface area contributed by atoms with Crippen LogP contribution in [0.15, 0.2) is 24.3 Å². The fourth-order valence-corrected chi connectivity index (χ4v) is 1.75. The van der Waals surface area contributed by atoms with Gasteiger partial charge in [0.05, 0.1) is 12.7 Å². The number of amides is 1. The Morgan fingerprint density at radius 3 is 2.89 bits per heavy atom. The summed E-state index contributed by atoms with van der Waals surface area (Å²) in [5, 5.41) is 12.7. The van der Waals surface area contributed by atoms with E-state index in [2.05, 4.69) is 5.32 Å². The second kappa shape index (κ2) is 8.08. The molecule has 1 aromatic carbocycles. The lowest BCUT2D eigenvalue weighted by atomic mass is 10.1. The summed E-state index contributed by atoms with van der Waals surface area (Å²) in [7, 11) is 1.50. The summed E-state index contributed by atoms with van der Waals surface area (Å²) in [4.78, 5) is 11.5. The monoisotopic (exact) mass is 271 g/mol. The fraction of sp³-hybridized carbons (Fsp3) is 0.462. The van der Waals surface area contributed by atoms with Crippen molar-refractivity contribution >= 4 is 17.5 Å². The van der Waals surface area contributed by atoms with Crippen molar-refractivity contribution in [1.29, 1.82) is 0 Å². The molecule has 1 unspecified atom stereocenters. The summed E-state index contributed by atoms with van der Waals surface area (Å²) in [6.07, 6.45) is 0.272. The van der Waals surface area contributed by atoms with Crippen molar-refractivity contribution in [2.45, 2.75) is 18.9 Å². The molecule has 0 aromatic heterocycles. The molecule has 18 heavy (non-hydrogen) atoms. The number of aliphatic hydroxyl groups is 1. The van der Waals surface area contributed by atoms with Gasteiger partial charge in [-0.2, -0.15) is 0 Å². The summed E-state index contributed by atoms with van der Waals surface area (Å²) in [6, 6.07) is 7.45. The molecule has 1 amide bonds. The van der Waals surface area contributed by atoms with Gasteiger partial charge in [-0.3, -0.25) is 4.79 Å². The van der Waals surface area contributed by atoms with E-state index in [0.717, 1.165) is 5.56 Å². The van der Waals surface area contributed by atoms with E-state index < -0.39 is 6.10 Å². The highest BCUT2D eigenvalue weighted by molar-refractivity contribution is 6.31. The first-order chi connectivity index (χ1) is 8.63. The zero-order valence-electron chi connectivity index (χ0n) is 10.4. The normalized spacial score (nSPS) is 12.2. The van der Waals surface area contributed by atoms with E-state index >= 15 is 0 Å². The van der Waals surface area contributed by atoms with Gasteiger partial charge in [-0.1, -0.05) is 29.8 Å². The van der Waals surface area contributed by atoms with Crippen molar-refractivity contribution in [2.24, 2.45) is 0 Å². The number of nitrogens with one attached hydrogen (secondary N) is 1. The van der Waals surface area contributed by atoms with Crippen LogP contribution in [-0.2, 0) is 16.0 Å². The van der Waals surface area contributed by atoms with Gasteiger partial charge < -0.3 is 15.2 Å². The second-order valence-electron chi connectivity index (χ2n) is 4.00. The van der Waals surface area contributed by atoms with E-state index in [1.54, 1.807) is 6.07 Å². The Hall–Kier alpha value is -1.10. The largest absolute Gasteiger partial charge is 0.389 e. The number of halogens is 1. The highest BCUT2D eigenvalue weighted by atomic mass is 35.5. The van der Waals surface area contributed by atoms with Crippen molar-refractivity contribution < 1.29 is 14.6 Å². The highest BCUT2D eigenvalue weighted by Crippen LogP contribution is 2.16. The van der Waals surface area contributed by atoms with Gasteiger partial charge >= 0.3 is 0 Å². The lowest BCUT2D eigenvalue weighted by Crippen LogP contribution is -2.34. The van der Waals surface area contributed by atoms with Crippen molar-refractivity contribution in [3.05, 3.63) is 34.9 Å². The van der Waals surface area contributed by atoms with Crippen LogP contribution in [0.1, 0.15) is 12.0 Å². The van der Waals surface area contributed by atoms with Crippen LogP contribution < -0.4 is 5.32 Å². The molecule has 2 N–H and O–H groups in total. The van der Waals surface area contributed by atoms with Crippen molar-refractivity contribution in [1.82, 2.24) is 5.32 Å². The van der Waals surface area contributed by atoms with Gasteiger partial charge in [-0.25, -0.2) is 0 Å². The predicted molar refractivity (Wildman–Crippen MR) is 70.7 cm³/mol. The van der Waals surface area contributed by atoms with Crippen molar-refractivity contribution in [3.8, 4) is 0 Å². The van der Waals surface area contributed by atoms with Crippen molar-refractivity contribution in [3.63, 3.8) is 0 Å². The van der Waals surface area contributed by atoms with E-state index in [-0.39, 0.29) is 19.1 Å². The van der Waals surface area contributed by atoms with Crippen LogP contribution in [0.3, 0.4) is 0 Å². The Morgan fingerprint density at radius 1 is 1.50 bits per heavy atom. The van der Waals surface area contributed by atoms with Gasteiger partial charge in [0.15, 0.2) is 0 Å². The zero-order chi connectivity index (χ0) is 13.4. The average molecular weight is 272 g/mol. The number of aryl methyl sites for hydroxylation is 1. The Kier molecular flexibility index (Phi) is 6.72. The van der Waals surface area contributed by atoms with E-state index in [9.17, 15) is 9.90 Å². The maximum absolute atomic E-state index is 11.5. The molecule has 0 spiro atoms. The van der Waals surface area contributed by atoms with Gasteiger partial charge in [0, 0.05) is 25.1 Å². The number of benzene rings is 1. The van der Waals surface area contributed by atoms with Crippen LogP contribution in [0.25, 0.3) is 0 Å². The first kappa shape index (κ1) is 15.0. The minimum absolute atomic E-state index is 0.106. The third kappa shape index (κ3) is 5.49. The highest BCUT2D eigenvalue weighted by Gasteiger charge is 2.07. The standard InChI is InChI=1S/C13H18ClNO3/c1-18-9-11(16)8-15-13(17)7-6-10-4-2-3-5-12(10)14/h2-5,11,16H,6-9H2,1H3,(H,15,17). The first-order valence-electron chi connectivity index (χ1n) is 5.80. The first-order valence-corrected chi connectivity index (χ1v) is 6.18. The molecule has 1 rings (SSSR count). The Morgan fingerprint density at radius 2 is 2.22 bits per heavy atom. The molecule has 0 heterocycles. The molecular weight excluding hydrogens is 254 g/mol. The lowest BCUT2D eigenvalue weighted by molar-refractivity contribution is -0.121. The fourth-order valence-electron chi connectivity index (χ4n) is 1.52. The Bertz CT molecular complexity index is 384. The molecule has 1 atom stereocenters. The van der Waals surface area contributed by atoms with Crippen LogP contribution in [0.5, 0.6) is 0 Å². The summed E-state index contributed by atoms with van der Waals surface area (Å²) in [6.45, 7) is 0.417. The van der Waals surface area contributed by atoms with E-state index in [1.807, 2.05) is 18.2 Å². The number of hydrogen-bond donors (Lipinski definition) is 2. The molecule has 5 heteroatoms. The molecule has 0 saturated carbocycles. The number of methoxy groups -OCH3 is 1. The minimum Gasteiger partial charge on any atom is -0.389 e. The summed E-state index contributed by atoms with van der Waals surface area (Å²) >= 11 is 5.99. The van der Waals surface area contributed by atoms with Gasteiger partial charge in [0.1, 0.15) is 0 Å². The van der Waals surface area contributed by atoms with Crippen LogP contribution in [-0.4, -0.2) is 37.4 Å². The third-order valence-corrected chi connectivity index (χ3v) is 2.84. The van der Waals surface area contributed by atoms with Crippen LogP contribution >= 0.6 is 11.6 Å². The summed E-state index contributed by atoms with van der Waals surface area (Å²) in [5.74, 6) is -0.106. The topological polar surface area (TPSA) is 58.6 Å². The van der Waals surface area contributed by atoms with E-state index in [0.29, 0.717) is 17.9 Å². The quantitative estimate of drug-likeness (QED) is 0.788. The van der Waals surface area contributed by atoms with Crippen molar-refractivity contribution in [2.75, 3.05) is 20.3 Å². The number of carbonyl (C=O) groups is 1. The number of aliphatic hydroxyl groups excluding tert-OH is 1. The lowest BCUT2D eigenvalue weighted by Gasteiger charge is -2.10. The Labute approximate surface area is 112 Å². The SMILES string of the molecule is COCC(O)CNC(=O)CCc1ccccc1Cl. The molecule has 4 nitrogen and oxygen atoms in total. The average Bonchev–Trinajstić information content (AvgIpc) is 2.36. The van der Waals surface area contributed by atoms with Crippen LogP contribution in [0, 0.1) is 0 Å². The number of ether oxygens (including phenoxy) is 1. The molecule has 0 fully saturated rings. The predicted octanol–water partition coefficient (Wildman–Crippen LogP) is 1.40. The van der Waals surface area contributed by atoms with Gasteiger partial charge in [0.2, 0.25) is 5.91 Å². The molecule has 0 bridgehead atoms. The molecule has 0 aliphatic heterocycles. The molecular formula is C13H18ClNO3. The number of rotatable bonds is 7. The number of hydrogen-bond acceptors (Lipinski definition) is 3. The van der Waals surface area contributed by atoms with Gasteiger partial charge in [-0.05, 0) is 18.1 Å². The maximum atomic E-state index is 11.5. The minimum atomic E-state index is -0.667. The van der Waals surface area contributed by atoms with E-state index in [4.69, 9.17) is 16.3 Å². The maximum Gasteiger partial charge on any atom is 0.220 e. The summed E-state index contributed by atoms with van der Waals surface area (Å²) < 4.78 is 4.76. The summed E-state index contributed by atoms with van der Waals surface area (Å²) in [5.41, 5.74) is 0.951. The smallest absolute Gasteiger partial charge is 0.220 e. The van der Waals surface area contributed by atoms with Gasteiger partial charge in [-0.15, -0.1) is 0 Å². The van der Waals surface area contributed by atoms with Crippen LogP contribution in [0.4, 0.5) is 0 Å². The third-order valence-electron chi connectivity index (χ3n) is 2.47. The van der Waals surface area contributed by atoms with Gasteiger partial charge in [0.25, 0.3) is 0 Å². The molecule has 0 radical (unpaired) electrons. The van der Waals surface area contributed by atoms with E-state index in [1.165, 1.54) is 7.11 Å². The zero-order valence-corrected chi connectivity index (χ0v) is 11.1. The number of carbonyl (C=O) groups excluding carboxylic acids is 1. The second-order valence-corrected chi connectivity index (χ2v) is 4.41. The molecule has 0 aliphatic rings. The Balaban J connectivity index is 2.27.